The molecular formula is C13H14F2N2O2. The van der Waals surface area contributed by atoms with Crippen molar-refractivity contribution < 1.29 is 17.9 Å². The van der Waals surface area contributed by atoms with Gasteiger partial charge in [-0.3, -0.25) is 11.3 Å². The second-order valence-corrected chi connectivity index (χ2v) is 3.97. The molecule has 0 saturated heterocycles. The highest BCUT2D eigenvalue weighted by molar-refractivity contribution is 5.36. The first-order valence-corrected chi connectivity index (χ1v) is 5.71. The number of para-hydroxylation sites is 1. The number of hydrogen-bond donors (Lipinski definition) is 2. The zero-order chi connectivity index (χ0) is 13.7. The summed E-state index contributed by atoms with van der Waals surface area (Å²) in [6.07, 6.45) is 3.64. The molecule has 1 aromatic heterocycles. The Morgan fingerprint density at radius 1 is 1.26 bits per heavy atom. The minimum Gasteiger partial charge on any atom is -0.472 e. The Balaban J connectivity index is 2.22. The van der Waals surface area contributed by atoms with Gasteiger partial charge in [-0.2, -0.15) is 8.78 Å². The van der Waals surface area contributed by atoms with Gasteiger partial charge in [-0.25, -0.2) is 0 Å². The van der Waals surface area contributed by atoms with E-state index in [1.165, 1.54) is 6.07 Å². The van der Waals surface area contributed by atoms with E-state index < -0.39 is 6.61 Å². The van der Waals surface area contributed by atoms with E-state index in [0.717, 1.165) is 5.56 Å². The monoisotopic (exact) mass is 268 g/mol. The van der Waals surface area contributed by atoms with Crippen molar-refractivity contribution in [3.05, 3.63) is 54.0 Å². The van der Waals surface area contributed by atoms with E-state index >= 15 is 0 Å². The van der Waals surface area contributed by atoms with Crippen molar-refractivity contribution in [2.45, 2.75) is 19.1 Å². The smallest absolute Gasteiger partial charge is 0.387 e. The summed E-state index contributed by atoms with van der Waals surface area (Å²) in [5.74, 6) is 5.61. The van der Waals surface area contributed by atoms with Crippen LogP contribution in [0.25, 0.3) is 0 Å². The summed E-state index contributed by atoms with van der Waals surface area (Å²) in [5.41, 5.74) is 4.09. The Morgan fingerprint density at radius 3 is 2.68 bits per heavy atom. The van der Waals surface area contributed by atoms with Crippen LogP contribution in [-0.2, 0) is 6.42 Å². The van der Waals surface area contributed by atoms with E-state index in [0.29, 0.717) is 12.0 Å². The molecule has 1 unspecified atom stereocenters. The predicted molar refractivity (Wildman–Crippen MR) is 65.6 cm³/mol. The molecule has 1 aromatic carbocycles. The molecule has 2 aromatic rings. The summed E-state index contributed by atoms with van der Waals surface area (Å²) in [7, 11) is 0. The van der Waals surface area contributed by atoms with Crippen LogP contribution in [0.1, 0.15) is 17.2 Å². The number of alkyl halides is 2. The number of benzene rings is 1. The Labute approximate surface area is 109 Å². The molecular weight excluding hydrogens is 254 g/mol. The average Bonchev–Trinajstić information content (AvgIpc) is 2.89. The zero-order valence-electron chi connectivity index (χ0n) is 10.1. The molecule has 3 N–H and O–H groups in total. The van der Waals surface area contributed by atoms with Gasteiger partial charge in [0.2, 0.25) is 0 Å². The van der Waals surface area contributed by atoms with E-state index in [2.05, 4.69) is 10.2 Å². The molecule has 0 spiro atoms. The number of nitrogens with one attached hydrogen (secondary N) is 1. The zero-order valence-corrected chi connectivity index (χ0v) is 10.1. The highest BCUT2D eigenvalue weighted by Crippen LogP contribution is 2.28. The fourth-order valence-electron chi connectivity index (χ4n) is 1.87. The second kappa shape index (κ2) is 6.31. The fraction of sp³-hybridized carbons (Fsp3) is 0.231. The number of hydrogen-bond acceptors (Lipinski definition) is 4. The Hall–Kier alpha value is -1.92. The van der Waals surface area contributed by atoms with Crippen LogP contribution >= 0.6 is 0 Å². The molecule has 0 aliphatic rings. The molecule has 0 aliphatic heterocycles. The molecule has 0 amide bonds. The summed E-state index contributed by atoms with van der Waals surface area (Å²) in [4.78, 5) is 0. The lowest BCUT2D eigenvalue weighted by Crippen LogP contribution is -2.30. The number of furan rings is 1. The summed E-state index contributed by atoms with van der Waals surface area (Å²) < 4.78 is 34.2. The first kappa shape index (κ1) is 13.5. The molecule has 0 bridgehead atoms. The Bertz CT molecular complexity index is 503. The first-order chi connectivity index (χ1) is 9.20. The molecule has 0 fully saturated rings. The maximum absolute atomic E-state index is 12.4. The third kappa shape index (κ3) is 3.52. The van der Waals surface area contributed by atoms with E-state index in [9.17, 15) is 8.78 Å². The van der Waals surface area contributed by atoms with Gasteiger partial charge in [-0.1, -0.05) is 18.2 Å². The van der Waals surface area contributed by atoms with Crippen molar-refractivity contribution >= 4 is 0 Å². The van der Waals surface area contributed by atoms with Gasteiger partial charge in [0.15, 0.2) is 0 Å². The molecule has 0 radical (unpaired) electrons. The van der Waals surface area contributed by atoms with E-state index in [1.54, 1.807) is 36.8 Å². The van der Waals surface area contributed by atoms with Crippen molar-refractivity contribution in [2.75, 3.05) is 0 Å². The van der Waals surface area contributed by atoms with Gasteiger partial charge in [0.05, 0.1) is 18.6 Å². The van der Waals surface area contributed by atoms with Gasteiger partial charge in [0.25, 0.3) is 0 Å². The molecule has 0 aliphatic carbocycles. The molecule has 0 saturated carbocycles. The number of hydrazine groups is 1. The number of rotatable bonds is 6. The minimum absolute atomic E-state index is 0.115. The number of halogens is 2. The van der Waals surface area contributed by atoms with Gasteiger partial charge in [0.1, 0.15) is 5.75 Å². The van der Waals surface area contributed by atoms with Crippen molar-refractivity contribution in [3.8, 4) is 5.75 Å². The molecule has 102 valence electrons. The van der Waals surface area contributed by atoms with Crippen molar-refractivity contribution in [1.82, 2.24) is 5.43 Å². The fourth-order valence-corrected chi connectivity index (χ4v) is 1.87. The standard InChI is InChI=1S/C13H14F2N2O2/c14-13(15)19-12-4-2-1-3-10(12)11(17-16)7-9-5-6-18-8-9/h1-6,8,11,13,17H,7,16H2. The van der Waals surface area contributed by atoms with E-state index in [-0.39, 0.29) is 11.8 Å². The van der Waals surface area contributed by atoms with Gasteiger partial charge in [-0.15, -0.1) is 0 Å². The number of nitrogens with two attached hydrogens (primary N) is 1. The molecule has 6 heteroatoms. The lowest BCUT2D eigenvalue weighted by molar-refractivity contribution is -0.0507. The summed E-state index contributed by atoms with van der Waals surface area (Å²) in [6.45, 7) is -2.87. The Morgan fingerprint density at radius 2 is 2.05 bits per heavy atom. The van der Waals surface area contributed by atoms with E-state index in [4.69, 9.17) is 10.3 Å². The molecule has 1 atom stereocenters. The van der Waals surface area contributed by atoms with Gasteiger partial charge in [0, 0.05) is 5.56 Å². The highest BCUT2D eigenvalue weighted by atomic mass is 19.3. The first-order valence-electron chi connectivity index (χ1n) is 5.71. The third-order valence-electron chi connectivity index (χ3n) is 2.73. The SMILES string of the molecule is NNC(Cc1ccoc1)c1ccccc1OC(F)F. The van der Waals surface area contributed by atoms with Crippen LogP contribution in [0.2, 0.25) is 0 Å². The Kier molecular flexibility index (Phi) is 4.48. The highest BCUT2D eigenvalue weighted by Gasteiger charge is 2.17. The second-order valence-electron chi connectivity index (χ2n) is 3.97. The summed E-state index contributed by atoms with van der Waals surface area (Å²) in [6, 6.07) is 8.01. The minimum atomic E-state index is -2.87. The van der Waals surface area contributed by atoms with Crippen LogP contribution in [0.3, 0.4) is 0 Å². The summed E-state index contributed by atoms with van der Waals surface area (Å²) >= 11 is 0. The molecule has 19 heavy (non-hydrogen) atoms. The van der Waals surface area contributed by atoms with Crippen molar-refractivity contribution in [2.24, 2.45) is 5.84 Å². The van der Waals surface area contributed by atoms with E-state index in [1.807, 2.05) is 0 Å². The van der Waals surface area contributed by atoms with Crippen LogP contribution in [0.15, 0.2) is 47.3 Å². The van der Waals surface area contributed by atoms with Crippen molar-refractivity contribution in [3.63, 3.8) is 0 Å². The topological polar surface area (TPSA) is 60.4 Å². The third-order valence-corrected chi connectivity index (χ3v) is 2.73. The number of ether oxygens (including phenoxy) is 1. The maximum Gasteiger partial charge on any atom is 0.387 e. The van der Waals surface area contributed by atoms with Gasteiger partial charge in [-0.05, 0) is 24.1 Å². The predicted octanol–water partition coefficient (Wildman–Crippen LogP) is 2.63. The largest absolute Gasteiger partial charge is 0.472 e. The van der Waals surface area contributed by atoms with Crippen molar-refractivity contribution in [1.29, 1.82) is 0 Å². The summed E-state index contributed by atoms with van der Waals surface area (Å²) in [5, 5.41) is 0. The lowest BCUT2D eigenvalue weighted by Gasteiger charge is -2.19. The lowest BCUT2D eigenvalue weighted by atomic mass is 10.0. The van der Waals surface area contributed by atoms with Crippen LogP contribution in [0.5, 0.6) is 5.75 Å². The maximum atomic E-state index is 12.4. The van der Waals surface area contributed by atoms with Gasteiger partial charge >= 0.3 is 6.61 Å². The quantitative estimate of drug-likeness (QED) is 0.624. The normalized spacial score (nSPS) is 12.6. The molecule has 4 nitrogen and oxygen atoms in total. The van der Waals surface area contributed by atoms with Crippen LogP contribution in [0.4, 0.5) is 8.78 Å². The van der Waals surface area contributed by atoms with Gasteiger partial charge < -0.3 is 9.15 Å². The van der Waals surface area contributed by atoms with Crippen LogP contribution in [-0.4, -0.2) is 6.61 Å². The van der Waals surface area contributed by atoms with Crippen LogP contribution in [0, 0.1) is 0 Å². The molecule has 2 rings (SSSR count). The van der Waals surface area contributed by atoms with Crippen LogP contribution < -0.4 is 16.0 Å². The molecule has 1 heterocycles. The average molecular weight is 268 g/mol.